The molecule has 0 aromatic heterocycles. The van der Waals surface area contributed by atoms with Crippen molar-refractivity contribution >= 4 is 5.91 Å². The van der Waals surface area contributed by atoms with Gasteiger partial charge in [-0.25, -0.2) is 8.78 Å². The van der Waals surface area contributed by atoms with Crippen LogP contribution in [0.2, 0.25) is 0 Å². The van der Waals surface area contributed by atoms with Gasteiger partial charge < -0.3 is 10.2 Å². The molecule has 1 fully saturated rings. The van der Waals surface area contributed by atoms with Crippen molar-refractivity contribution in [2.45, 2.75) is 25.4 Å². The van der Waals surface area contributed by atoms with Crippen LogP contribution in [-0.4, -0.2) is 29.9 Å². The van der Waals surface area contributed by atoms with E-state index >= 15 is 0 Å². The second-order valence-corrected chi connectivity index (χ2v) is 4.91. The third-order valence-electron chi connectivity index (χ3n) is 3.23. The maximum Gasteiger partial charge on any atom is 0.237 e. The molecule has 0 unspecified atom stereocenters. The molecule has 1 aliphatic carbocycles. The van der Waals surface area contributed by atoms with Gasteiger partial charge >= 0.3 is 0 Å². The first-order chi connectivity index (χ1) is 9.61. The fourth-order valence-corrected chi connectivity index (χ4v) is 2.02. The summed E-state index contributed by atoms with van der Waals surface area (Å²) < 4.78 is 26.5. The van der Waals surface area contributed by atoms with Gasteiger partial charge in [0.15, 0.2) is 0 Å². The number of nitrogens with zero attached hydrogens (tertiary/aromatic N) is 1. The number of rotatable bonds is 7. The summed E-state index contributed by atoms with van der Waals surface area (Å²) in [5.74, 6) is -1.29. The van der Waals surface area contributed by atoms with Crippen molar-refractivity contribution in [3.8, 4) is 0 Å². The van der Waals surface area contributed by atoms with Gasteiger partial charge in [-0.15, -0.1) is 6.58 Å². The zero-order valence-electron chi connectivity index (χ0n) is 11.2. The molecule has 0 radical (unpaired) electrons. The van der Waals surface area contributed by atoms with Crippen molar-refractivity contribution in [2.24, 2.45) is 0 Å². The van der Waals surface area contributed by atoms with Gasteiger partial charge in [-0.1, -0.05) is 12.1 Å². The third kappa shape index (κ3) is 3.87. The van der Waals surface area contributed by atoms with Gasteiger partial charge in [-0.3, -0.25) is 4.79 Å². The van der Waals surface area contributed by atoms with E-state index in [0.717, 1.165) is 18.9 Å². The van der Waals surface area contributed by atoms with Crippen LogP contribution in [0.4, 0.5) is 8.78 Å². The summed E-state index contributed by atoms with van der Waals surface area (Å²) in [7, 11) is 0. The topological polar surface area (TPSA) is 32.3 Å². The zero-order valence-corrected chi connectivity index (χ0v) is 11.2. The Morgan fingerprint density at radius 1 is 1.45 bits per heavy atom. The molecule has 1 aromatic carbocycles. The monoisotopic (exact) mass is 280 g/mol. The van der Waals surface area contributed by atoms with Crippen LogP contribution >= 0.6 is 0 Å². The summed E-state index contributed by atoms with van der Waals surface area (Å²) in [6.45, 7) is 4.50. The number of hydrogen-bond donors (Lipinski definition) is 1. The van der Waals surface area contributed by atoms with Gasteiger partial charge in [0.1, 0.15) is 11.6 Å². The van der Waals surface area contributed by atoms with Gasteiger partial charge in [-0.2, -0.15) is 0 Å². The maximum atomic E-state index is 13.7. The lowest BCUT2D eigenvalue weighted by Crippen LogP contribution is -2.39. The molecule has 3 nitrogen and oxygen atoms in total. The van der Waals surface area contributed by atoms with E-state index in [1.807, 2.05) is 0 Å². The summed E-state index contributed by atoms with van der Waals surface area (Å²) in [5, 5.41) is 2.94. The van der Waals surface area contributed by atoms with Crippen molar-refractivity contribution in [1.29, 1.82) is 0 Å². The molecule has 1 saturated carbocycles. The standard InChI is InChI=1S/C15H18F2N2O/c1-2-7-18-9-15(20)19(13-5-6-13)10-11-3-4-12(16)8-14(11)17/h2-4,8,13,18H,1,5-7,9-10H2. The van der Waals surface area contributed by atoms with E-state index in [9.17, 15) is 13.6 Å². The number of hydrogen-bond acceptors (Lipinski definition) is 2. The average Bonchev–Trinajstić information content (AvgIpc) is 3.22. The molecular formula is C15H18F2N2O. The molecule has 1 aromatic rings. The molecule has 108 valence electrons. The lowest BCUT2D eigenvalue weighted by molar-refractivity contribution is -0.131. The summed E-state index contributed by atoms with van der Waals surface area (Å²) in [6, 6.07) is 3.63. The molecule has 1 amide bonds. The Bertz CT molecular complexity index is 501. The molecule has 2 rings (SSSR count). The highest BCUT2D eigenvalue weighted by Gasteiger charge is 2.32. The molecule has 20 heavy (non-hydrogen) atoms. The Kier molecular flexibility index (Phi) is 4.84. The van der Waals surface area contributed by atoms with Crippen LogP contribution in [0.1, 0.15) is 18.4 Å². The molecule has 0 spiro atoms. The fourth-order valence-electron chi connectivity index (χ4n) is 2.02. The molecule has 0 bridgehead atoms. The number of nitrogens with one attached hydrogen (secondary N) is 1. The van der Waals surface area contributed by atoms with Crippen LogP contribution in [0.5, 0.6) is 0 Å². The molecule has 0 saturated heterocycles. The van der Waals surface area contributed by atoms with Gasteiger partial charge in [0, 0.05) is 30.8 Å². The Hall–Kier alpha value is -1.75. The molecule has 1 N–H and O–H groups in total. The van der Waals surface area contributed by atoms with E-state index < -0.39 is 11.6 Å². The van der Waals surface area contributed by atoms with E-state index in [4.69, 9.17) is 0 Å². The normalized spacial score (nSPS) is 14.1. The summed E-state index contributed by atoms with van der Waals surface area (Å²) in [5.41, 5.74) is 0.343. The first kappa shape index (κ1) is 14.7. The molecule has 0 aliphatic heterocycles. The Morgan fingerprint density at radius 2 is 2.20 bits per heavy atom. The molecule has 0 heterocycles. The van der Waals surface area contributed by atoms with E-state index in [0.29, 0.717) is 12.1 Å². The summed E-state index contributed by atoms with van der Waals surface area (Å²) >= 11 is 0. The maximum absolute atomic E-state index is 13.7. The van der Waals surface area contributed by atoms with Crippen LogP contribution in [0.3, 0.4) is 0 Å². The third-order valence-corrected chi connectivity index (χ3v) is 3.23. The van der Waals surface area contributed by atoms with Crippen molar-refractivity contribution in [1.82, 2.24) is 10.2 Å². The van der Waals surface area contributed by atoms with Crippen molar-refractivity contribution in [2.75, 3.05) is 13.1 Å². The smallest absolute Gasteiger partial charge is 0.237 e. The Morgan fingerprint density at radius 3 is 2.80 bits per heavy atom. The summed E-state index contributed by atoms with van der Waals surface area (Å²) in [6.07, 6.45) is 3.56. The van der Waals surface area contributed by atoms with Crippen molar-refractivity contribution in [3.05, 3.63) is 48.1 Å². The van der Waals surface area contributed by atoms with Gasteiger partial charge in [0.25, 0.3) is 0 Å². The first-order valence-corrected chi connectivity index (χ1v) is 6.67. The van der Waals surface area contributed by atoms with Crippen LogP contribution in [-0.2, 0) is 11.3 Å². The lowest BCUT2D eigenvalue weighted by Gasteiger charge is -2.23. The Balaban J connectivity index is 2.01. The van der Waals surface area contributed by atoms with E-state index in [2.05, 4.69) is 11.9 Å². The second-order valence-electron chi connectivity index (χ2n) is 4.91. The SMILES string of the molecule is C=CCNCC(=O)N(Cc1ccc(F)cc1F)C1CC1. The van der Waals surface area contributed by atoms with Crippen LogP contribution in [0.15, 0.2) is 30.9 Å². The highest BCUT2D eigenvalue weighted by atomic mass is 19.1. The fraction of sp³-hybridized carbons (Fsp3) is 0.400. The molecule has 1 aliphatic rings. The summed E-state index contributed by atoms with van der Waals surface area (Å²) in [4.78, 5) is 13.8. The van der Waals surface area contributed by atoms with E-state index in [1.165, 1.54) is 12.1 Å². The molecule has 5 heteroatoms. The minimum Gasteiger partial charge on any atom is -0.334 e. The van der Waals surface area contributed by atoms with Crippen molar-refractivity contribution < 1.29 is 13.6 Å². The van der Waals surface area contributed by atoms with E-state index in [-0.39, 0.29) is 25.0 Å². The molecular weight excluding hydrogens is 262 g/mol. The van der Waals surface area contributed by atoms with Gasteiger partial charge in [-0.05, 0) is 18.9 Å². The van der Waals surface area contributed by atoms with Crippen LogP contribution < -0.4 is 5.32 Å². The van der Waals surface area contributed by atoms with Crippen molar-refractivity contribution in [3.63, 3.8) is 0 Å². The predicted octanol–water partition coefficient (Wildman–Crippen LogP) is 2.23. The first-order valence-electron chi connectivity index (χ1n) is 6.67. The minimum absolute atomic E-state index is 0.0712. The highest BCUT2D eigenvalue weighted by molar-refractivity contribution is 5.79. The van der Waals surface area contributed by atoms with Gasteiger partial charge in [0.05, 0.1) is 6.54 Å². The largest absolute Gasteiger partial charge is 0.334 e. The Labute approximate surface area is 117 Å². The highest BCUT2D eigenvalue weighted by Crippen LogP contribution is 2.28. The number of carbonyl (C=O) groups excluding carboxylic acids is 1. The molecule has 0 atom stereocenters. The quantitative estimate of drug-likeness (QED) is 0.613. The lowest BCUT2D eigenvalue weighted by atomic mass is 10.2. The van der Waals surface area contributed by atoms with Gasteiger partial charge in [0.2, 0.25) is 5.91 Å². The van der Waals surface area contributed by atoms with Crippen LogP contribution in [0, 0.1) is 11.6 Å². The minimum atomic E-state index is -0.609. The number of halogens is 2. The predicted molar refractivity (Wildman–Crippen MR) is 73.0 cm³/mol. The van der Waals surface area contributed by atoms with E-state index in [1.54, 1.807) is 11.0 Å². The zero-order chi connectivity index (χ0) is 14.5. The number of benzene rings is 1. The average molecular weight is 280 g/mol. The number of amides is 1. The second kappa shape index (κ2) is 6.61. The number of carbonyl (C=O) groups is 1. The van der Waals surface area contributed by atoms with Crippen LogP contribution in [0.25, 0.3) is 0 Å².